The van der Waals surface area contributed by atoms with Crippen LogP contribution in [0.4, 0.5) is 10.5 Å². The fourth-order valence-corrected chi connectivity index (χ4v) is 3.20. The lowest BCUT2D eigenvalue weighted by Crippen LogP contribution is -2.35. The van der Waals surface area contributed by atoms with Crippen LogP contribution in [0.5, 0.6) is 0 Å². The summed E-state index contributed by atoms with van der Waals surface area (Å²) in [6, 6.07) is 1.56. The Labute approximate surface area is 146 Å². The Kier molecular flexibility index (Phi) is 6.57. The van der Waals surface area contributed by atoms with Crippen LogP contribution in [0.25, 0.3) is 0 Å². The van der Waals surface area contributed by atoms with Crippen molar-refractivity contribution in [3.63, 3.8) is 0 Å². The number of anilines is 1. The first kappa shape index (κ1) is 19.4. The van der Waals surface area contributed by atoms with Gasteiger partial charge in [-0.3, -0.25) is 9.59 Å². The first-order valence-corrected chi connectivity index (χ1v) is 8.46. The number of rotatable bonds is 6. The van der Waals surface area contributed by atoms with Crippen molar-refractivity contribution in [2.45, 2.75) is 39.7 Å². The summed E-state index contributed by atoms with van der Waals surface area (Å²) in [4.78, 5) is 34.9. The van der Waals surface area contributed by atoms with Gasteiger partial charge in [-0.15, -0.1) is 11.3 Å². The lowest BCUT2D eigenvalue weighted by atomic mass is 9.89. The molecule has 1 unspecified atom stereocenters. The molecule has 1 aromatic rings. The Morgan fingerprint density at radius 2 is 1.96 bits per heavy atom. The molecule has 1 rings (SSSR count). The fraction of sp³-hybridized carbons (Fsp3) is 0.500. The number of carbonyl (C=O) groups is 3. The van der Waals surface area contributed by atoms with Crippen molar-refractivity contribution >= 4 is 50.9 Å². The molecule has 0 aliphatic rings. The number of thiophene rings is 1. The van der Waals surface area contributed by atoms with Gasteiger partial charge in [0, 0.05) is 0 Å². The van der Waals surface area contributed by atoms with Crippen LogP contribution >= 0.6 is 27.3 Å². The number of hydrogen-bond acceptors (Lipinski definition) is 5. The maximum Gasteiger partial charge on any atom is 0.405 e. The fourth-order valence-electron chi connectivity index (χ4n) is 1.80. The van der Waals surface area contributed by atoms with Gasteiger partial charge >= 0.3 is 6.09 Å². The molecule has 0 bridgehead atoms. The molecule has 0 saturated heterocycles. The lowest BCUT2D eigenvalue weighted by molar-refractivity contribution is -0.124. The van der Waals surface area contributed by atoms with Crippen molar-refractivity contribution in [2.75, 3.05) is 5.32 Å². The number of nitrogens with two attached hydrogens (primary N) is 2. The van der Waals surface area contributed by atoms with E-state index in [0.29, 0.717) is 16.6 Å². The van der Waals surface area contributed by atoms with Gasteiger partial charge in [0.25, 0.3) is 11.8 Å². The molecule has 0 aromatic carbocycles. The van der Waals surface area contributed by atoms with Crippen LogP contribution in [0.2, 0.25) is 0 Å². The Morgan fingerprint density at radius 3 is 2.43 bits per heavy atom. The quantitative estimate of drug-likeness (QED) is 0.672. The highest BCUT2D eigenvalue weighted by Crippen LogP contribution is 2.31. The van der Waals surface area contributed by atoms with Gasteiger partial charge in [-0.25, -0.2) is 4.79 Å². The molecule has 128 valence electrons. The van der Waals surface area contributed by atoms with Gasteiger partial charge in [-0.05, 0) is 40.3 Å². The predicted octanol–water partition coefficient (Wildman–Crippen LogP) is 2.84. The normalized spacial score (nSPS) is 12.5. The summed E-state index contributed by atoms with van der Waals surface area (Å²) < 4.78 is 5.53. The number of ether oxygens (including phenoxy) is 1. The van der Waals surface area contributed by atoms with Gasteiger partial charge in [0.15, 0.2) is 6.10 Å². The maximum absolute atomic E-state index is 12.3. The van der Waals surface area contributed by atoms with Crippen molar-refractivity contribution in [3.8, 4) is 0 Å². The smallest absolute Gasteiger partial charge is 0.405 e. The van der Waals surface area contributed by atoms with Gasteiger partial charge in [-0.2, -0.15) is 0 Å². The molecule has 0 saturated carbocycles. The third kappa shape index (κ3) is 6.57. The minimum atomic E-state index is -1.04. The van der Waals surface area contributed by atoms with Crippen molar-refractivity contribution in [1.29, 1.82) is 0 Å². The second-order valence-corrected chi connectivity index (χ2v) is 8.60. The van der Waals surface area contributed by atoms with Crippen LogP contribution in [-0.2, 0) is 9.53 Å². The number of amides is 3. The summed E-state index contributed by atoms with van der Waals surface area (Å²) in [6.45, 7) is 6.02. The summed E-state index contributed by atoms with van der Waals surface area (Å²) >= 11 is 4.33. The highest BCUT2D eigenvalue weighted by molar-refractivity contribution is 9.11. The van der Waals surface area contributed by atoms with Crippen LogP contribution in [0.15, 0.2) is 9.85 Å². The highest BCUT2D eigenvalue weighted by Gasteiger charge is 2.26. The zero-order valence-corrected chi connectivity index (χ0v) is 15.5. The van der Waals surface area contributed by atoms with Crippen LogP contribution in [-0.4, -0.2) is 24.0 Å². The van der Waals surface area contributed by atoms with Gasteiger partial charge in [0.2, 0.25) is 0 Å². The molecule has 1 heterocycles. The van der Waals surface area contributed by atoms with Gasteiger partial charge in [-0.1, -0.05) is 20.8 Å². The molecule has 0 spiro atoms. The molecule has 0 fully saturated rings. The van der Waals surface area contributed by atoms with Crippen molar-refractivity contribution in [3.05, 3.63) is 14.7 Å². The Bertz CT molecular complexity index is 610. The molecule has 23 heavy (non-hydrogen) atoms. The number of halogens is 1. The van der Waals surface area contributed by atoms with Crippen molar-refractivity contribution in [2.24, 2.45) is 16.9 Å². The molecule has 7 nitrogen and oxygen atoms in total. The van der Waals surface area contributed by atoms with E-state index in [9.17, 15) is 14.4 Å². The second-order valence-electron chi connectivity index (χ2n) is 6.17. The van der Waals surface area contributed by atoms with E-state index >= 15 is 0 Å². The Morgan fingerprint density at radius 1 is 1.35 bits per heavy atom. The van der Waals surface area contributed by atoms with Crippen molar-refractivity contribution < 1.29 is 19.1 Å². The van der Waals surface area contributed by atoms with E-state index in [1.807, 2.05) is 20.8 Å². The van der Waals surface area contributed by atoms with E-state index in [-0.39, 0.29) is 16.0 Å². The largest absolute Gasteiger partial charge is 0.436 e. The van der Waals surface area contributed by atoms with E-state index in [2.05, 4.69) is 21.2 Å². The van der Waals surface area contributed by atoms with Gasteiger partial charge in [0.05, 0.1) is 9.47 Å². The first-order chi connectivity index (χ1) is 10.5. The Hall–Kier alpha value is -1.61. The van der Waals surface area contributed by atoms with Crippen LogP contribution in [0.3, 0.4) is 0 Å². The van der Waals surface area contributed by atoms with Crippen LogP contribution in [0.1, 0.15) is 43.3 Å². The molecule has 0 aliphatic carbocycles. The summed E-state index contributed by atoms with van der Waals surface area (Å²) in [6.07, 6.45) is -1.10. The Balaban J connectivity index is 2.88. The maximum atomic E-state index is 12.3. The number of primary amides is 2. The summed E-state index contributed by atoms with van der Waals surface area (Å²) in [7, 11) is 0. The van der Waals surface area contributed by atoms with E-state index < -0.39 is 24.0 Å². The molecule has 1 aromatic heterocycles. The number of nitrogens with one attached hydrogen (secondary N) is 1. The van der Waals surface area contributed by atoms with Crippen LogP contribution < -0.4 is 16.8 Å². The van der Waals surface area contributed by atoms with E-state index in [4.69, 9.17) is 16.2 Å². The average Bonchev–Trinajstić information content (AvgIpc) is 2.74. The standard InChI is InChI=1S/C14H20BrN3O4S/c1-14(2,3)5-4-8(22-13(17)21)12(20)18-7-6-9(15)23-10(7)11(16)19/h6,8H,4-5H2,1-3H3,(H2,16,19)(H2,17,21)(H,18,20). The third-order valence-corrected chi connectivity index (χ3v) is 4.54. The molecule has 1 atom stereocenters. The topological polar surface area (TPSA) is 125 Å². The van der Waals surface area contributed by atoms with E-state index in [0.717, 1.165) is 11.3 Å². The number of hydrogen-bond donors (Lipinski definition) is 3. The van der Waals surface area contributed by atoms with E-state index in [1.165, 1.54) is 0 Å². The van der Waals surface area contributed by atoms with Gasteiger partial charge < -0.3 is 21.5 Å². The summed E-state index contributed by atoms with van der Waals surface area (Å²) in [5.74, 6) is -1.21. The predicted molar refractivity (Wildman–Crippen MR) is 92.3 cm³/mol. The molecule has 5 N–H and O–H groups in total. The third-order valence-electron chi connectivity index (χ3n) is 2.89. The van der Waals surface area contributed by atoms with Gasteiger partial charge in [0.1, 0.15) is 4.88 Å². The van der Waals surface area contributed by atoms with E-state index in [1.54, 1.807) is 6.07 Å². The zero-order valence-electron chi connectivity index (χ0n) is 13.1. The highest BCUT2D eigenvalue weighted by atomic mass is 79.9. The molecule has 0 radical (unpaired) electrons. The average molecular weight is 406 g/mol. The minimum Gasteiger partial charge on any atom is -0.436 e. The number of carbonyl (C=O) groups excluding carboxylic acids is 3. The summed E-state index contributed by atoms with van der Waals surface area (Å²) in [5.41, 5.74) is 10.5. The van der Waals surface area contributed by atoms with Crippen molar-refractivity contribution in [1.82, 2.24) is 0 Å². The van der Waals surface area contributed by atoms with Crippen LogP contribution in [0, 0.1) is 5.41 Å². The monoisotopic (exact) mass is 405 g/mol. The lowest BCUT2D eigenvalue weighted by Gasteiger charge is -2.22. The molecule has 9 heteroatoms. The second kappa shape index (κ2) is 7.78. The molecular formula is C14H20BrN3O4S. The minimum absolute atomic E-state index is 0.0384. The molecule has 3 amide bonds. The first-order valence-electron chi connectivity index (χ1n) is 6.85. The SMILES string of the molecule is CC(C)(C)CCC(OC(N)=O)C(=O)Nc1cc(Br)sc1C(N)=O. The molecular weight excluding hydrogens is 386 g/mol. The zero-order chi connectivity index (χ0) is 17.8. The summed E-state index contributed by atoms with van der Waals surface area (Å²) in [5, 5.41) is 2.56. The molecule has 0 aliphatic heterocycles.